The van der Waals surface area contributed by atoms with Crippen LogP contribution >= 0.6 is 11.3 Å². The number of nitrogens with one attached hydrogen (secondary N) is 1. The average Bonchev–Trinajstić information content (AvgIpc) is 3.12. The Morgan fingerprint density at radius 1 is 1.16 bits per heavy atom. The molecule has 0 bridgehead atoms. The molecule has 0 atom stereocenters. The molecule has 1 heterocycles. The van der Waals surface area contributed by atoms with Gasteiger partial charge >= 0.3 is 0 Å². The van der Waals surface area contributed by atoms with Crippen molar-refractivity contribution in [3.63, 3.8) is 0 Å². The normalized spacial score (nSPS) is 10.5. The molecule has 1 aromatic heterocycles. The van der Waals surface area contributed by atoms with Crippen molar-refractivity contribution >= 4 is 22.9 Å². The van der Waals surface area contributed by atoms with Gasteiger partial charge in [-0.05, 0) is 24.3 Å². The minimum atomic E-state index is -1.62. The second-order valence-electron chi connectivity index (χ2n) is 4.97. The molecule has 8 heteroatoms. The van der Waals surface area contributed by atoms with E-state index in [-0.39, 0.29) is 12.2 Å². The van der Waals surface area contributed by atoms with E-state index in [1.165, 1.54) is 11.3 Å². The molecule has 4 nitrogen and oxygen atoms in total. The van der Waals surface area contributed by atoms with Crippen LogP contribution in [0, 0.1) is 17.5 Å². The zero-order valence-corrected chi connectivity index (χ0v) is 13.4. The van der Waals surface area contributed by atoms with Crippen LogP contribution in [0.3, 0.4) is 0 Å². The molecule has 3 rings (SSSR count). The van der Waals surface area contributed by atoms with Crippen molar-refractivity contribution in [3.8, 4) is 5.75 Å². The maximum atomic E-state index is 13.3. The number of aromatic nitrogens is 1. The molecule has 25 heavy (non-hydrogen) atoms. The van der Waals surface area contributed by atoms with Crippen LogP contribution in [0.5, 0.6) is 5.75 Å². The van der Waals surface area contributed by atoms with E-state index in [0.717, 1.165) is 5.69 Å². The van der Waals surface area contributed by atoms with Crippen LogP contribution in [0.1, 0.15) is 16.1 Å². The first-order valence-corrected chi connectivity index (χ1v) is 8.03. The Hall–Kier alpha value is -2.87. The topological polar surface area (TPSA) is 51.2 Å². The van der Waals surface area contributed by atoms with Crippen LogP contribution in [0.4, 0.5) is 18.9 Å². The average molecular weight is 364 g/mol. The van der Waals surface area contributed by atoms with Crippen molar-refractivity contribution in [3.05, 3.63) is 76.0 Å². The van der Waals surface area contributed by atoms with Crippen LogP contribution in [0.2, 0.25) is 0 Å². The van der Waals surface area contributed by atoms with Gasteiger partial charge in [0, 0.05) is 10.9 Å². The van der Waals surface area contributed by atoms with Gasteiger partial charge in [-0.3, -0.25) is 4.79 Å². The molecule has 0 fully saturated rings. The molecule has 0 aliphatic carbocycles. The molecule has 0 saturated carbocycles. The molecule has 2 aromatic carbocycles. The number of carbonyl (C=O) groups is 1. The number of ether oxygens (including phenoxy) is 1. The summed E-state index contributed by atoms with van der Waals surface area (Å²) >= 11 is 1.43. The first-order chi connectivity index (χ1) is 12.0. The van der Waals surface area contributed by atoms with Gasteiger partial charge in [-0.25, -0.2) is 18.2 Å². The van der Waals surface area contributed by atoms with Crippen molar-refractivity contribution in [2.75, 3.05) is 5.32 Å². The summed E-state index contributed by atoms with van der Waals surface area (Å²) in [6.45, 7) is 0.205. The summed E-state index contributed by atoms with van der Waals surface area (Å²) in [6, 6.07) is 7.84. The zero-order chi connectivity index (χ0) is 17.8. The first-order valence-electron chi connectivity index (χ1n) is 7.09. The Morgan fingerprint density at radius 2 is 1.88 bits per heavy atom. The predicted octanol–water partition coefficient (Wildman–Crippen LogP) is 4.39. The van der Waals surface area contributed by atoms with Gasteiger partial charge in [-0.2, -0.15) is 0 Å². The lowest BCUT2D eigenvalue weighted by Crippen LogP contribution is -2.14. The molecule has 0 saturated heterocycles. The van der Waals surface area contributed by atoms with Crippen molar-refractivity contribution in [1.82, 2.24) is 4.98 Å². The molecule has 1 N–H and O–H groups in total. The third-order valence-electron chi connectivity index (χ3n) is 3.24. The van der Waals surface area contributed by atoms with Crippen molar-refractivity contribution in [2.45, 2.75) is 6.61 Å². The van der Waals surface area contributed by atoms with Crippen molar-refractivity contribution in [1.29, 1.82) is 0 Å². The fourth-order valence-electron chi connectivity index (χ4n) is 2.04. The second kappa shape index (κ2) is 7.35. The lowest BCUT2D eigenvalue weighted by atomic mass is 10.2. The number of anilines is 1. The lowest BCUT2D eigenvalue weighted by molar-refractivity contribution is 0.102. The Balaban J connectivity index is 1.77. The summed E-state index contributed by atoms with van der Waals surface area (Å²) in [5.41, 5.74) is 2.37. The number of para-hydroxylation sites is 2. The third kappa shape index (κ3) is 3.97. The van der Waals surface area contributed by atoms with Gasteiger partial charge in [0.1, 0.15) is 12.4 Å². The summed E-state index contributed by atoms with van der Waals surface area (Å²) < 4.78 is 45.1. The van der Waals surface area contributed by atoms with E-state index in [2.05, 4.69) is 10.3 Å². The summed E-state index contributed by atoms with van der Waals surface area (Å²) in [4.78, 5) is 16.3. The lowest BCUT2D eigenvalue weighted by Gasteiger charge is -2.12. The SMILES string of the molecule is O=C(Nc1ccccc1OCc1cscn1)c1cc(F)c(F)c(F)c1. The number of rotatable bonds is 5. The van der Waals surface area contributed by atoms with E-state index in [0.29, 0.717) is 23.6 Å². The summed E-state index contributed by atoms with van der Waals surface area (Å²) in [5, 5.41) is 4.32. The summed E-state index contributed by atoms with van der Waals surface area (Å²) in [6.07, 6.45) is 0. The van der Waals surface area contributed by atoms with Crippen LogP contribution in [0.15, 0.2) is 47.3 Å². The standard InChI is InChI=1S/C17H11F3N2O2S/c18-12-5-10(6-13(19)16(12)20)17(23)22-14-3-1-2-4-15(14)24-7-11-8-25-9-21-11/h1-6,8-9H,7H2,(H,22,23). The molecular weight excluding hydrogens is 353 g/mol. The van der Waals surface area contributed by atoms with Gasteiger partial charge < -0.3 is 10.1 Å². The van der Waals surface area contributed by atoms with Gasteiger partial charge in [0.25, 0.3) is 5.91 Å². The highest BCUT2D eigenvalue weighted by molar-refractivity contribution is 7.07. The number of amides is 1. The Morgan fingerprint density at radius 3 is 2.56 bits per heavy atom. The molecule has 128 valence electrons. The third-order valence-corrected chi connectivity index (χ3v) is 3.88. The highest BCUT2D eigenvalue weighted by Gasteiger charge is 2.16. The number of thiazole rings is 1. The first kappa shape index (κ1) is 17.0. The largest absolute Gasteiger partial charge is 0.485 e. The van der Waals surface area contributed by atoms with E-state index in [1.54, 1.807) is 29.8 Å². The summed E-state index contributed by atoms with van der Waals surface area (Å²) in [7, 11) is 0. The van der Waals surface area contributed by atoms with Crippen LogP contribution in [0.25, 0.3) is 0 Å². The highest BCUT2D eigenvalue weighted by Crippen LogP contribution is 2.26. The number of halogens is 3. The number of nitrogens with zero attached hydrogens (tertiary/aromatic N) is 1. The fourth-order valence-corrected chi connectivity index (χ4v) is 2.58. The Bertz CT molecular complexity index is 878. The van der Waals surface area contributed by atoms with Crippen LogP contribution in [-0.2, 0) is 6.61 Å². The van der Waals surface area contributed by atoms with Gasteiger partial charge in [0.05, 0.1) is 16.9 Å². The van der Waals surface area contributed by atoms with E-state index in [9.17, 15) is 18.0 Å². The molecule has 0 aliphatic heterocycles. The van der Waals surface area contributed by atoms with E-state index in [1.807, 2.05) is 5.38 Å². The van der Waals surface area contributed by atoms with Gasteiger partial charge in [-0.1, -0.05) is 12.1 Å². The summed E-state index contributed by atoms with van der Waals surface area (Å²) in [5.74, 6) is -4.91. The molecular formula is C17H11F3N2O2S. The van der Waals surface area contributed by atoms with E-state index < -0.39 is 23.4 Å². The van der Waals surface area contributed by atoms with Crippen molar-refractivity contribution in [2.24, 2.45) is 0 Å². The molecule has 0 aliphatic rings. The molecule has 0 unspecified atom stereocenters. The second-order valence-corrected chi connectivity index (χ2v) is 5.69. The number of hydrogen-bond acceptors (Lipinski definition) is 4. The van der Waals surface area contributed by atoms with Gasteiger partial charge in [0.15, 0.2) is 17.5 Å². The molecule has 1 amide bonds. The molecule has 3 aromatic rings. The number of carbonyl (C=O) groups excluding carboxylic acids is 1. The predicted molar refractivity (Wildman–Crippen MR) is 87.2 cm³/mol. The van der Waals surface area contributed by atoms with Crippen LogP contribution in [-0.4, -0.2) is 10.9 Å². The Kier molecular flexibility index (Phi) is 4.99. The Labute approximate surface area is 144 Å². The fraction of sp³-hybridized carbons (Fsp3) is 0.0588. The van der Waals surface area contributed by atoms with Gasteiger partial charge in [0.2, 0.25) is 0 Å². The van der Waals surface area contributed by atoms with Crippen molar-refractivity contribution < 1.29 is 22.7 Å². The quantitative estimate of drug-likeness (QED) is 0.683. The van der Waals surface area contributed by atoms with Gasteiger partial charge in [-0.15, -0.1) is 11.3 Å². The smallest absolute Gasteiger partial charge is 0.255 e. The zero-order valence-electron chi connectivity index (χ0n) is 12.6. The maximum Gasteiger partial charge on any atom is 0.255 e. The number of benzene rings is 2. The monoisotopic (exact) mass is 364 g/mol. The van der Waals surface area contributed by atoms with Crippen LogP contribution < -0.4 is 10.1 Å². The molecule has 0 radical (unpaired) electrons. The highest BCUT2D eigenvalue weighted by atomic mass is 32.1. The minimum absolute atomic E-state index is 0.205. The number of hydrogen-bond donors (Lipinski definition) is 1. The minimum Gasteiger partial charge on any atom is -0.485 e. The van der Waals surface area contributed by atoms with E-state index in [4.69, 9.17) is 4.74 Å². The molecule has 0 spiro atoms. The maximum absolute atomic E-state index is 13.3. The van der Waals surface area contributed by atoms with E-state index >= 15 is 0 Å².